The van der Waals surface area contributed by atoms with Gasteiger partial charge in [0, 0.05) is 43.0 Å². The van der Waals surface area contributed by atoms with Crippen molar-refractivity contribution in [3.63, 3.8) is 0 Å². The van der Waals surface area contributed by atoms with Crippen LogP contribution < -0.4 is 5.32 Å². The number of anilines is 1. The van der Waals surface area contributed by atoms with Gasteiger partial charge in [-0.1, -0.05) is 30.3 Å². The summed E-state index contributed by atoms with van der Waals surface area (Å²) in [6.45, 7) is 1.19. The molecule has 0 fully saturated rings. The molecule has 4 rings (SSSR count). The van der Waals surface area contributed by atoms with E-state index in [1.165, 1.54) is 5.56 Å². The number of aryl methyl sites for hydroxylation is 1. The number of aromatic nitrogens is 2. The van der Waals surface area contributed by atoms with Crippen molar-refractivity contribution in [2.24, 2.45) is 0 Å². The maximum Gasteiger partial charge on any atom is 0.253 e. The molecule has 28 heavy (non-hydrogen) atoms. The van der Waals surface area contributed by atoms with Crippen molar-refractivity contribution in [1.82, 2.24) is 14.7 Å². The van der Waals surface area contributed by atoms with Gasteiger partial charge in [0.05, 0.1) is 12.7 Å². The molecular formula is C22H22N4O2. The van der Waals surface area contributed by atoms with Gasteiger partial charge in [-0.15, -0.1) is 0 Å². The van der Waals surface area contributed by atoms with Crippen LogP contribution in [-0.4, -0.2) is 33.5 Å². The zero-order valence-electron chi connectivity index (χ0n) is 15.8. The van der Waals surface area contributed by atoms with Crippen LogP contribution in [0.4, 0.5) is 5.69 Å². The van der Waals surface area contributed by atoms with Crippen molar-refractivity contribution in [2.75, 3.05) is 12.4 Å². The van der Waals surface area contributed by atoms with E-state index in [1.54, 1.807) is 24.2 Å². The standard InChI is InChI=1S/C22H22N4O2/c1-25(13-17-12-23-26(15-17)14-16-5-3-2-4-6-16)22(28)19-7-9-20-18(11-19)8-10-21(27)24-20/h2-7,9,11-12,15H,8,10,13-14H2,1H3,(H,24,27). The molecule has 0 saturated heterocycles. The Hall–Kier alpha value is -3.41. The highest BCUT2D eigenvalue weighted by Crippen LogP contribution is 2.24. The Kier molecular flexibility index (Phi) is 4.93. The summed E-state index contributed by atoms with van der Waals surface area (Å²) in [6.07, 6.45) is 4.90. The summed E-state index contributed by atoms with van der Waals surface area (Å²) in [5.74, 6) is -0.0216. The number of benzene rings is 2. The Morgan fingerprint density at radius 3 is 2.79 bits per heavy atom. The average Bonchev–Trinajstić information content (AvgIpc) is 3.14. The Labute approximate surface area is 163 Å². The molecule has 3 aromatic rings. The fourth-order valence-electron chi connectivity index (χ4n) is 3.43. The average molecular weight is 374 g/mol. The minimum atomic E-state index is -0.0458. The van der Waals surface area contributed by atoms with Gasteiger partial charge in [0.2, 0.25) is 5.91 Å². The Balaban J connectivity index is 1.42. The zero-order valence-corrected chi connectivity index (χ0v) is 15.8. The highest BCUT2D eigenvalue weighted by molar-refractivity contribution is 5.97. The van der Waals surface area contributed by atoms with Gasteiger partial charge in [0.25, 0.3) is 5.91 Å². The van der Waals surface area contributed by atoms with E-state index in [2.05, 4.69) is 22.5 Å². The molecule has 1 aliphatic rings. The monoisotopic (exact) mass is 374 g/mol. The number of rotatable bonds is 5. The maximum atomic E-state index is 12.8. The Morgan fingerprint density at radius 2 is 1.96 bits per heavy atom. The van der Waals surface area contributed by atoms with E-state index in [4.69, 9.17) is 0 Å². The van der Waals surface area contributed by atoms with E-state index >= 15 is 0 Å². The molecule has 0 unspecified atom stereocenters. The minimum Gasteiger partial charge on any atom is -0.337 e. The highest BCUT2D eigenvalue weighted by Gasteiger charge is 2.18. The molecule has 1 aliphatic heterocycles. The van der Waals surface area contributed by atoms with Gasteiger partial charge in [-0.25, -0.2) is 0 Å². The quantitative estimate of drug-likeness (QED) is 0.746. The van der Waals surface area contributed by atoms with Crippen molar-refractivity contribution in [3.05, 3.63) is 83.2 Å². The highest BCUT2D eigenvalue weighted by atomic mass is 16.2. The fourth-order valence-corrected chi connectivity index (χ4v) is 3.43. The lowest BCUT2D eigenvalue weighted by Crippen LogP contribution is -2.26. The number of nitrogens with one attached hydrogen (secondary N) is 1. The minimum absolute atomic E-state index is 0.0243. The van der Waals surface area contributed by atoms with Crippen LogP contribution >= 0.6 is 0 Å². The first kappa shape index (κ1) is 18.0. The van der Waals surface area contributed by atoms with Crippen molar-refractivity contribution >= 4 is 17.5 Å². The van der Waals surface area contributed by atoms with Gasteiger partial charge >= 0.3 is 0 Å². The van der Waals surface area contributed by atoms with Crippen LogP contribution in [0.5, 0.6) is 0 Å². The molecule has 6 nitrogen and oxygen atoms in total. The SMILES string of the molecule is CN(Cc1cnn(Cc2ccccc2)c1)C(=O)c1ccc2c(c1)CCC(=O)N2. The molecule has 0 aliphatic carbocycles. The first-order chi connectivity index (χ1) is 13.6. The summed E-state index contributed by atoms with van der Waals surface area (Å²) in [5, 5.41) is 7.24. The molecule has 0 atom stereocenters. The van der Waals surface area contributed by atoms with Crippen LogP contribution in [0.1, 0.15) is 33.5 Å². The van der Waals surface area contributed by atoms with Crippen molar-refractivity contribution in [1.29, 1.82) is 0 Å². The van der Waals surface area contributed by atoms with Crippen LogP contribution in [-0.2, 0) is 24.3 Å². The van der Waals surface area contributed by atoms with Crippen molar-refractivity contribution in [2.45, 2.75) is 25.9 Å². The topological polar surface area (TPSA) is 67.2 Å². The Bertz CT molecular complexity index is 1010. The summed E-state index contributed by atoms with van der Waals surface area (Å²) in [4.78, 5) is 26.0. The van der Waals surface area contributed by atoms with Crippen molar-refractivity contribution < 1.29 is 9.59 Å². The van der Waals surface area contributed by atoms with Gasteiger partial charge in [0.1, 0.15) is 0 Å². The van der Waals surface area contributed by atoms with Crippen LogP contribution in [0.15, 0.2) is 60.9 Å². The third-order valence-electron chi connectivity index (χ3n) is 4.89. The molecule has 0 saturated carbocycles. The molecule has 2 heterocycles. The summed E-state index contributed by atoms with van der Waals surface area (Å²) in [5.41, 5.74) is 4.61. The normalized spacial score (nSPS) is 13.0. The molecule has 6 heteroatoms. The molecule has 142 valence electrons. The molecule has 1 aromatic heterocycles. The second-order valence-corrected chi connectivity index (χ2v) is 7.11. The maximum absolute atomic E-state index is 12.8. The largest absolute Gasteiger partial charge is 0.337 e. The number of hydrogen-bond donors (Lipinski definition) is 1. The van der Waals surface area contributed by atoms with Gasteiger partial charge in [-0.2, -0.15) is 5.10 Å². The molecule has 0 bridgehead atoms. The summed E-state index contributed by atoms with van der Waals surface area (Å²) in [6, 6.07) is 15.6. The second-order valence-electron chi connectivity index (χ2n) is 7.11. The third-order valence-corrected chi connectivity index (χ3v) is 4.89. The van der Waals surface area contributed by atoms with Gasteiger partial charge in [-0.3, -0.25) is 14.3 Å². The molecule has 1 N–H and O–H groups in total. The Morgan fingerprint density at radius 1 is 1.14 bits per heavy atom. The number of hydrogen-bond acceptors (Lipinski definition) is 3. The van der Waals surface area contributed by atoms with E-state index in [0.29, 0.717) is 31.5 Å². The van der Waals surface area contributed by atoms with Gasteiger partial charge in [-0.05, 0) is 35.7 Å². The van der Waals surface area contributed by atoms with Crippen LogP contribution in [0.3, 0.4) is 0 Å². The molecule has 0 spiro atoms. The number of carbonyl (C=O) groups excluding carboxylic acids is 2. The van der Waals surface area contributed by atoms with Gasteiger partial charge in [0.15, 0.2) is 0 Å². The van der Waals surface area contributed by atoms with E-state index in [1.807, 2.05) is 41.2 Å². The summed E-state index contributed by atoms with van der Waals surface area (Å²) >= 11 is 0. The lowest BCUT2D eigenvalue weighted by molar-refractivity contribution is -0.116. The molecule has 2 amide bonds. The molecule has 0 radical (unpaired) electrons. The lowest BCUT2D eigenvalue weighted by atomic mass is 10.00. The molecule has 2 aromatic carbocycles. The van der Waals surface area contributed by atoms with Gasteiger partial charge < -0.3 is 10.2 Å². The fraction of sp³-hybridized carbons (Fsp3) is 0.227. The van der Waals surface area contributed by atoms with Crippen LogP contribution in [0, 0.1) is 0 Å². The predicted octanol–water partition coefficient (Wildman–Crippen LogP) is 3.09. The zero-order chi connectivity index (χ0) is 19.5. The van der Waals surface area contributed by atoms with Crippen LogP contribution in [0.2, 0.25) is 0 Å². The van der Waals surface area contributed by atoms with Crippen molar-refractivity contribution in [3.8, 4) is 0 Å². The first-order valence-corrected chi connectivity index (χ1v) is 9.32. The number of fused-ring (bicyclic) bond motifs is 1. The second kappa shape index (κ2) is 7.68. The van der Waals surface area contributed by atoms with E-state index in [0.717, 1.165) is 16.8 Å². The third kappa shape index (κ3) is 3.96. The summed E-state index contributed by atoms with van der Waals surface area (Å²) < 4.78 is 1.88. The number of amides is 2. The predicted molar refractivity (Wildman–Crippen MR) is 107 cm³/mol. The number of carbonyl (C=O) groups is 2. The first-order valence-electron chi connectivity index (χ1n) is 9.32. The molecular weight excluding hydrogens is 352 g/mol. The smallest absolute Gasteiger partial charge is 0.253 e. The van der Waals surface area contributed by atoms with Crippen LogP contribution in [0.25, 0.3) is 0 Å². The lowest BCUT2D eigenvalue weighted by Gasteiger charge is -2.20. The number of nitrogens with zero attached hydrogens (tertiary/aromatic N) is 3. The van der Waals surface area contributed by atoms with E-state index in [-0.39, 0.29) is 11.8 Å². The summed E-state index contributed by atoms with van der Waals surface area (Å²) in [7, 11) is 1.79. The van der Waals surface area contributed by atoms with E-state index < -0.39 is 0 Å². The van der Waals surface area contributed by atoms with E-state index in [9.17, 15) is 9.59 Å².